The van der Waals surface area contributed by atoms with Crippen molar-refractivity contribution in [1.29, 1.82) is 0 Å². The fourth-order valence-corrected chi connectivity index (χ4v) is 2.38. The molecule has 5 heteroatoms. The van der Waals surface area contributed by atoms with Gasteiger partial charge in [-0.3, -0.25) is 0 Å². The summed E-state index contributed by atoms with van der Waals surface area (Å²) in [5.41, 5.74) is 0.989. The van der Waals surface area contributed by atoms with Gasteiger partial charge in [-0.25, -0.2) is 0 Å². The van der Waals surface area contributed by atoms with E-state index in [4.69, 9.17) is 0 Å². The number of hydrogen-bond donors (Lipinski definition) is 1. The Bertz CT molecular complexity index is 437. The van der Waals surface area contributed by atoms with E-state index < -0.39 is 12.5 Å². The third-order valence-electron chi connectivity index (χ3n) is 3.66. The van der Waals surface area contributed by atoms with Crippen molar-refractivity contribution in [2.24, 2.45) is 11.3 Å². The zero-order chi connectivity index (χ0) is 14.3. The van der Waals surface area contributed by atoms with Crippen molar-refractivity contribution >= 4 is 0 Å². The lowest BCUT2D eigenvalue weighted by molar-refractivity contribution is -0.274. The molecule has 0 bridgehead atoms. The van der Waals surface area contributed by atoms with Crippen LogP contribution in [0.3, 0.4) is 0 Å². The Balaban J connectivity index is 1.92. The molecule has 1 saturated carbocycles. The molecule has 0 amide bonds. The highest BCUT2D eigenvalue weighted by Gasteiger charge is 2.49. The van der Waals surface area contributed by atoms with Crippen LogP contribution in [-0.4, -0.2) is 17.6 Å². The van der Waals surface area contributed by atoms with E-state index in [0.717, 1.165) is 12.0 Å². The summed E-state index contributed by atoms with van der Waals surface area (Å²) in [6.45, 7) is 4.20. The fourth-order valence-electron chi connectivity index (χ4n) is 2.38. The van der Waals surface area contributed by atoms with Crippen LogP contribution in [0.15, 0.2) is 24.3 Å². The van der Waals surface area contributed by atoms with Gasteiger partial charge in [0.15, 0.2) is 0 Å². The number of alkyl halides is 3. The van der Waals surface area contributed by atoms with Crippen LogP contribution in [0.2, 0.25) is 0 Å². The van der Waals surface area contributed by atoms with Crippen LogP contribution in [0.25, 0.3) is 0 Å². The van der Waals surface area contributed by atoms with Gasteiger partial charge >= 0.3 is 6.36 Å². The SMILES string of the molecule is CC1(C)CC1C(O)Cc1ccc(OC(F)(F)F)cc1. The molecule has 106 valence electrons. The van der Waals surface area contributed by atoms with Gasteiger partial charge in [0, 0.05) is 0 Å². The summed E-state index contributed by atoms with van der Waals surface area (Å²) in [7, 11) is 0. The molecule has 1 aliphatic carbocycles. The van der Waals surface area contributed by atoms with Crippen molar-refractivity contribution in [2.45, 2.75) is 39.2 Å². The van der Waals surface area contributed by atoms with Crippen molar-refractivity contribution < 1.29 is 23.0 Å². The number of halogens is 3. The Morgan fingerprint density at radius 1 is 1.32 bits per heavy atom. The first-order chi connectivity index (χ1) is 8.67. The maximum atomic E-state index is 12.0. The molecule has 2 rings (SSSR count). The zero-order valence-corrected chi connectivity index (χ0v) is 10.9. The van der Waals surface area contributed by atoms with Crippen LogP contribution in [0.4, 0.5) is 13.2 Å². The first-order valence-electron chi connectivity index (χ1n) is 6.20. The third-order valence-corrected chi connectivity index (χ3v) is 3.66. The molecular formula is C14H17F3O2. The normalized spacial score (nSPS) is 22.9. The predicted molar refractivity (Wildman–Crippen MR) is 64.7 cm³/mol. The van der Waals surface area contributed by atoms with E-state index in [9.17, 15) is 18.3 Å². The number of rotatable bonds is 4. The minimum Gasteiger partial charge on any atom is -0.406 e. The standard InChI is InChI=1S/C14H17F3O2/c1-13(2)8-11(13)12(18)7-9-3-5-10(6-4-9)19-14(15,16)17/h3-6,11-12,18H,7-8H2,1-2H3. The summed E-state index contributed by atoms with van der Waals surface area (Å²) in [6, 6.07) is 5.65. The molecule has 0 radical (unpaired) electrons. The van der Waals surface area contributed by atoms with Gasteiger partial charge in [-0.2, -0.15) is 0 Å². The molecule has 0 heterocycles. The second-order valence-corrected chi connectivity index (χ2v) is 5.76. The summed E-state index contributed by atoms with van der Waals surface area (Å²) in [5.74, 6) is 0.0380. The minimum absolute atomic E-state index is 0.179. The molecule has 1 aromatic rings. The number of benzene rings is 1. The maximum absolute atomic E-state index is 12.0. The van der Waals surface area contributed by atoms with Crippen molar-refractivity contribution in [2.75, 3.05) is 0 Å². The van der Waals surface area contributed by atoms with Crippen LogP contribution < -0.4 is 4.74 Å². The van der Waals surface area contributed by atoms with E-state index in [1.165, 1.54) is 12.1 Å². The summed E-state index contributed by atoms with van der Waals surface area (Å²) in [6.07, 6.45) is -3.66. The quantitative estimate of drug-likeness (QED) is 0.910. The number of aliphatic hydroxyl groups is 1. The van der Waals surface area contributed by atoms with Crippen molar-refractivity contribution in [1.82, 2.24) is 0 Å². The van der Waals surface area contributed by atoms with E-state index >= 15 is 0 Å². The Hall–Kier alpha value is -1.23. The van der Waals surface area contributed by atoms with Gasteiger partial charge in [0.1, 0.15) is 5.75 Å². The molecule has 19 heavy (non-hydrogen) atoms. The Labute approximate surface area is 110 Å². The lowest BCUT2D eigenvalue weighted by atomic mass is 10.00. The number of aliphatic hydroxyl groups excluding tert-OH is 1. The molecule has 0 aromatic heterocycles. The summed E-state index contributed by atoms with van der Waals surface area (Å²) < 4.78 is 39.8. The zero-order valence-electron chi connectivity index (χ0n) is 10.9. The lowest BCUT2D eigenvalue weighted by Crippen LogP contribution is -2.17. The third kappa shape index (κ3) is 3.86. The molecule has 0 spiro atoms. The number of ether oxygens (including phenoxy) is 1. The Morgan fingerprint density at radius 2 is 1.84 bits per heavy atom. The number of hydrogen-bond acceptors (Lipinski definition) is 2. The Morgan fingerprint density at radius 3 is 2.26 bits per heavy atom. The largest absolute Gasteiger partial charge is 0.573 e. The van der Waals surface area contributed by atoms with Gasteiger partial charge in [0.05, 0.1) is 6.10 Å². The van der Waals surface area contributed by atoms with Crippen molar-refractivity contribution in [3.05, 3.63) is 29.8 Å². The van der Waals surface area contributed by atoms with Gasteiger partial charge in [0.25, 0.3) is 0 Å². The van der Waals surface area contributed by atoms with Crippen molar-refractivity contribution in [3.63, 3.8) is 0 Å². The second-order valence-electron chi connectivity index (χ2n) is 5.76. The Kier molecular flexibility index (Phi) is 3.51. The van der Waals surface area contributed by atoms with Crippen molar-refractivity contribution in [3.8, 4) is 5.75 Å². The van der Waals surface area contributed by atoms with Gasteiger partial charge in [-0.15, -0.1) is 13.2 Å². The molecule has 0 aliphatic heterocycles. The molecule has 1 aliphatic rings. The van der Waals surface area contributed by atoms with Crippen LogP contribution in [-0.2, 0) is 6.42 Å². The minimum atomic E-state index is -4.67. The smallest absolute Gasteiger partial charge is 0.406 e. The molecule has 1 N–H and O–H groups in total. The molecule has 2 unspecified atom stereocenters. The predicted octanol–water partition coefficient (Wildman–Crippen LogP) is 3.53. The second kappa shape index (κ2) is 4.71. The average Bonchev–Trinajstić information content (AvgIpc) is 2.89. The van der Waals surface area contributed by atoms with E-state index in [-0.39, 0.29) is 17.1 Å². The summed E-state index contributed by atoms with van der Waals surface area (Å²) in [4.78, 5) is 0. The van der Waals surface area contributed by atoms with Gasteiger partial charge in [0.2, 0.25) is 0 Å². The molecule has 2 atom stereocenters. The lowest BCUT2D eigenvalue weighted by Gasteiger charge is -2.13. The van der Waals surface area contributed by atoms with Crippen LogP contribution >= 0.6 is 0 Å². The average molecular weight is 274 g/mol. The molecule has 2 nitrogen and oxygen atoms in total. The highest BCUT2D eigenvalue weighted by molar-refractivity contribution is 5.28. The topological polar surface area (TPSA) is 29.5 Å². The van der Waals surface area contributed by atoms with Crippen LogP contribution in [0.1, 0.15) is 25.8 Å². The van der Waals surface area contributed by atoms with E-state index in [2.05, 4.69) is 18.6 Å². The van der Waals surface area contributed by atoms with E-state index in [1.54, 1.807) is 12.1 Å². The fraction of sp³-hybridized carbons (Fsp3) is 0.571. The summed E-state index contributed by atoms with van der Waals surface area (Å²) in [5, 5.41) is 10.0. The first kappa shape index (κ1) is 14.2. The molecular weight excluding hydrogens is 257 g/mol. The molecule has 1 aromatic carbocycles. The van der Waals surface area contributed by atoms with Gasteiger partial charge in [-0.05, 0) is 41.9 Å². The maximum Gasteiger partial charge on any atom is 0.573 e. The first-order valence-corrected chi connectivity index (χ1v) is 6.20. The monoisotopic (exact) mass is 274 g/mol. The summed E-state index contributed by atoms with van der Waals surface area (Å²) >= 11 is 0. The van der Waals surface area contributed by atoms with Crippen LogP contribution in [0, 0.1) is 11.3 Å². The molecule has 1 fully saturated rings. The van der Waals surface area contributed by atoms with Gasteiger partial charge < -0.3 is 9.84 Å². The molecule has 0 saturated heterocycles. The highest BCUT2D eigenvalue weighted by Crippen LogP contribution is 2.54. The van der Waals surface area contributed by atoms with Crippen LogP contribution in [0.5, 0.6) is 5.75 Å². The van der Waals surface area contributed by atoms with Gasteiger partial charge in [-0.1, -0.05) is 26.0 Å². The van der Waals surface area contributed by atoms with E-state index in [1.807, 2.05) is 0 Å². The van der Waals surface area contributed by atoms with E-state index in [0.29, 0.717) is 6.42 Å². The highest BCUT2D eigenvalue weighted by atomic mass is 19.4.